The lowest BCUT2D eigenvalue weighted by Gasteiger charge is -2.14. The molecule has 25 heavy (non-hydrogen) atoms. The van der Waals surface area contributed by atoms with Crippen molar-refractivity contribution in [2.24, 2.45) is 0 Å². The van der Waals surface area contributed by atoms with E-state index in [1.165, 1.54) is 24.0 Å². The maximum absolute atomic E-state index is 12.0. The molecule has 2 N–H and O–H groups in total. The van der Waals surface area contributed by atoms with Crippen molar-refractivity contribution >= 4 is 45.3 Å². The molecule has 1 heterocycles. The zero-order chi connectivity index (χ0) is 18.2. The summed E-state index contributed by atoms with van der Waals surface area (Å²) in [7, 11) is 1.38. The van der Waals surface area contributed by atoms with E-state index in [9.17, 15) is 4.79 Å². The lowest BCUT2D eigenvalue weighted by Crippen LogP contribution is -2.20. The Morgan fingerprint density at radius 1 is 1.24 bits per heavy atom. The number of unbranched alkanes of at least 4 members (excludes halogenated alkanes) is 1. The second-order valence-corrected chi connectivity index (χ2v) is 7.19. The highest BCUT2D eigenvalue weighted by Crippen LogP contribution is 2.29. The highest BCUT2D eigenvalue weighted by atomic mass is 32.1. The number of hydrogen-bond acceptors (Lipinski definition) is 4. The molecular weight excluding hydrogens is 352 g/mol. The molecule has 2 rings (SSSR count). The molecule has 6 heteroatoms. The van der Waals surface area contributed by atoms with E-state index in [0.717, 1.165) is 36.2 Å². The number of hydrogen-bond donors (Lipinski definition) is 2. The van der Waals surface area contributed by atoms with Gasteiger partial charge in [-0.1, -0.05) is 38.5 Å². The van der Waals surface area contributed by atoms with Crippen LogP contribution in [0.5, 0.6) is 0 Å². The molecule has 0 saturated carbocycles. The van der Waals surface area contributed by atoms with Crippen LogP contribution in [0.3, 0.4) is 0 Å². The van der Waals surface area contributed by atoms with E-state index in [1.807, 2.05) is 24.3 Å². The van der Waals surface area contributed by atoms with Gasteiger partial charge in [0.2, 0.25) is 0 Å². The van der Waals surface area contributed by atoms with E-state index in [-0.39, 0.29) is 5.97 Å². The summed E-state index contributed by atoms with van der Waals surface area (Å²) in [5, 5.41) is 7.59. The number of rotatable bonds is 7. The Labute approximate surface area is 158 Å². The molecule has 0 bridgehead atoms. The molecule has 0 fully saturated rings. The van der Waals surface area contributed by atoms with Crippen molar-refractivity contribution in [1.82, 2.24) is 0 Å². The highest BCUT2D eigenvalue weighted by Gasteiger charge is 2.17. The van der Waals surface area contributed by atoms with Crippen LogP contribution in [0.4, 0.5) is 10.7 Å². The summed E-state index contributed by atoms with van der Waals surface area (Å²) in [4.78, 5) is 13.1. The van der Waals surface area contributed by atoms with Gasteiger partial charge in [0.15, 0.2) is 5.11 Å². The fraction of sp³-hybridized carbons (Fsp3) is 0.368. The minimum atomic E-state index is -0.357. The molecule has 4 nitrogen and oxygen atoms in total. The number of carbonyl (C=O) groups is 1. The molecule has 0 saturated heterocycles. The molecule has 0 amide bonds. The van der Waals surface area contributed by atoms with Gasteiger partial charge in [-0.15, -0.1) is 11.3 Å². The van der Waals surface area contributed by atoms with E-state index in [4.69, 9.17) is 17.0 Å². The average molecular weight is 377 g/mol. The fourth-order valence-electron chi connectivity index (χ4n) is 2.45. The third-order valence-electron chi connectivity index (χ3n) is 3.83. The number of aryl methyl sites for hydroxylation is 2. The van der Waals surface area contributed by atoms with Crippen LogP contribution in [-0.4, -0.2) is 18.2 Å². The van der Waals surface area contributed by atoms with Crippen molar-refractivity contribution in [3.05, 3.63) is 46.3 Å². The smallest absolute Gasteiger partial charge is 0.340 e. The van der Waals surface area contributed by atoms with Crippen LogP contribution in [0, 0.1) is 0 Å². The Morgan fingerprint density at radius 3 is 2.68 bits per heavy atom. The molecule has 0 aliphatic heterocycles. The summed E-state index contributed by atoms with van der Waals surface area (Å²) in [6.07, 6.45) is 4.15. The number of benzene rings is 1. The third-order valence-corrected chi connectivity index (χ3v) is 5.23. The van der Waals surface area contributed by atoms with Crippen LogP contribution in [-0.2, 0) is 17.6 Å². The molecule has 0 unspecified atom stereocenters. The Hall–Kier alpha value is -1.92. The molecule has 134 valence electrons. The van der Waals surface area contributed by atoms with Crippen molar-refractivity contribution < 1.29 is 9.53 Å². The number of ether oxygens (including phenoxy) is 1. The van der Waals surface area contributed by atoms with Crippen LogP contribution in [0.25, 0.3) is 0 Å². The second-order valence-electron chi connectivity index (χ2n) is 5.64. The predicted octanol–water partition coefficient (Wildman–Crippen LogP) is 5.25. The third kappa shape index (κ3) is 5.28. The van der Waals surface area contributed by atoms with Gasteiger partial charge >= 0.3 is 5.97 Å². The van der Waals surface area contributed by atoms with Crippen molar-refractivity contribution in [3.8, 4) is 0 Å². The Bertz CT molecular complexity index is 741. The lowest BCUT2D eigenvalue weighted by molar-refractivity contribution is 0.0602. The summed E-state index contributed by atoms with van der Waals surface area (Å²) in [5.41, 5.74) is 2.76. The minimum absolute atomic E-state index is 0.357. The van der Waals surface area contributed by atoms with E-state index in [0.29, 0.717) is 15.7 Å². The average Bonchev–Trinajstić information content (AvgIpc) is 3.03. The summed E-state index contributed by atoms with van der Waals surface area (Å²) < 4.78 is 4.86. The molecule has 0 aliphatic carbocycles. The van der Waals surface area contributed by atoms with Crippen LogP contribution in [0.1, 0.15) is 47.5 Å². The summed E-state index contributed by atoms with van der Waals surface area (Å²) in [5.74, 6) is -0.357. The van der Waals surface area contributed by atoms with E-state index >= 15 is 0 Å². The zero-order valence-electron chi connectivity index (χ0n) is 14.8. The van der Waals surface area contributed by atoms with Gasteiger partial charge in [-0.25, -0.2) is 4.79 Å². The number of thiophene rings is 1. The predicted molar refractivity (Wildman–Crippen MR) is 110 cm³/mol. The van der Waals surface area contributed by atoms with Gasteiger partial charge in [0.05, 0.1) is 12.7 Å². The molecule has 1 aromatic carbocycles. The first-order chi connectivity index (χ1) is 12.1. The normalized spacial score (nSPS) is 10.4. The van der Waals surface area contributed by atoms with Gasteiger partial charge < -0.3 is 15.4 Å². The molecule has 0 aliphatic rings. The maximum Gasteiger partial charge on any atom is 0.340 e. The number of methoxy groups -OCH3 is 1. The number of carbonyl (C=O) groups excluding carboxylic acids is 1. The molecule has 0 spiro atoms. The summed E-state index contributed by atoms with van der Waals surface area (Å²) >= 11 is 6.97. The number of nitrogens with one attached hydrogen (secondary N) is 2. The highest BCUT2D eigenvalue weighted by molar-refractivity contribution is 7.80. The van der Waals surface area contributed by atoms with Crippen LogP contribution < -0.4 is 10.6 Å². The zero-order valence-corrected chi connectivity index (χ0v) is 16.5. The monoisotopic (exact) mass is 376 g/mol. The molecule has 0 atom stereocenters. The Balaban J connectivity index is 2.13. The number of thiocarbonyl (C=S) groups is 1. The van der Waals surface area contributed by atoms with Gasteiger partial charge in [0, 0.05) is 10.6 Å². The maximum atomic E-state index is 12.0. The SMILES string of the molecule is CCCCc1ccccc1NC(=S)Nc1sc(CC)cc1C(=O)OC. The van der Waals surface area contributed by atoms with Crippen molar-refractivity contribution in [1.29, 1.82) is 0 Å². The molecular formula is C19H24N2O2S2. The van der Waals surface area contributed by atoms with E-state index < -0.39 is 0 Å². The fourth-order valence-corrected chi connectivity index (χ4v) is 3.72. The topological polar surface area (TPSA) is 50.4 Å². The van der Waals surface area contributed by atoms with Gasteiger partial charge in [0.1, 0.15) is 5.00 Å². The van der Waals surface area contributed by atoms with Gasteiger partial charge in [0.25, 0.3) is 0 Å². The summed E-state index contributed by atoms with van der Waals surface area (Å²) in [6.45, 7) is 4.23. The van der Waals surface area contributed by atoms with Crippen molar-refractivity contribution in [2.45, 2.75) is 39.5 Å². The Morgan fingerprint density at radius 2 is 2.00 bits per heavy atom. The largest absolute Gasteiger partial charge is 0.465 e. The van der Waals surface area contributed by atoms with Crippen LogP contribution in [0.2, 0.25) is 0 Å². The van der Waals surface area contributed by atoms with E-state index in [1.54, 1.807) is 0 Å². The van der Waals surface area contributed by atoms with Crippen molar-refractivity contribution in [2.75, 3.05) is 17.7 Å². The van der Waals surface area contributed by atoms with Gasteiger partial charge in [-0.3, -0.25) is 0 Å². The van der Waals surface area contributed by atoms with Crippen LogP contribution in [0.15, 0.2) is 30.3 Å². The number of esters is 1. The standard InChI is InChI=1S/C19H24N2O2S2/c1-4-6-9-13-10-7-8-11-16(13)20-19(24)21-17-15(18(22)23-3)12-14(5-2)25-17/h7-8,10-12H,4-6,9H2,1-3H3,(H2,20,21,24). The molecule has 2 aromatic rings. The molecule has 1 aromatic heterocycles. The van der Waals surface area contributed by atoms with E-state index in [2.05, 4.69) is 30.5 Å². The first kappa shape index (κ1) is 19.4. The van der Waals surface area contributed by atoms with Crippen LogP contribution >= 0.6 is 23.6 Å². The number of para-hydroxylation sites is 1. The minimum Gasteiger partial charge on any atom is -0.465 e. The quantitative estimate of drug-likeness (QED) is 0.511. The first-order valence-corrected chi connectivity index (χ1v) is 9.68. The summed E-state index contributed by atoms with van der Waals surface area (Å²) in [6, 6.07) is 10.0. The van der Waals surface area contributed by atoms with Gasteiger partial charge in [-0.05, 0) is 49.2 Å². The van der Waals surface area contributed by atoms with Gasteiger partial charge in [-0.2, -0.15) is 0 Å². The second kappa shape index (κ2) is 9.53. The molecule has 0 radical (unpaired) electrons. The van der Waals surface area contributed by atoms with Crippen molar-refractivity contribution in [3.63, 3.8) is 0 Å². The number of anilines is 2. The lowest BCUT2D eigenvalue weighted by atomic mass is 10.1. The Kier molecular flexibility index (Phi) is 7.40. The first-order valence-electron chi connectivity index (χ1n) is 8.45.